The van der Waals surface area contributed by atoms with Crippen LogP contribution in [0.5, 0.6) is 0 Å². The number of nitrogens with one attached hydrogen (secondary N) is 1. The molecule has 0 amide bonds. The molecular formula is C20H24N4O3S. The summed E-state index contributed by atoms with van der Waals surface area (Å²) < 4.78 is 27.4. The highest BCUT2D eigenvalue weighted by Crippen LogP contribution is 2.27. The molecule has 8 heteroatoms. The molecule has 0 unspecified atom stereocenters. The summed E-state index contributed by atoms with van der Waals surface area (Å²) in [6.45, 7) is 0.362. The van der Waals surface area contributed by atoms with E-state index in [9.17, 15) is 13.5 Å². The number of sulfone groups is 1. The van der Waals surface area contributed by atoms with Gasteiger partial charge in [-0.3, -0.25) is 4.40 Å². The molecule has 3 aromatic rings. The Morgan fingerprint density at radius 3 is 2.54 bits per heavy atom. The smallest absolute Gasteiger partial charge is 0.229 e. The van der Waals surface area contributed by atoms with E-state index in [0.717, 1.165) is 25.7 Å². The number of nitrogens with zero attached hydrogens (tertiary/aromatic N) is 3. The topological polar surface area (TPSA) is 96.6 Å². The lowest BCUT2D eigenvalue weighted by Crippen LogP contribution is -2.30. The van der Waals surface area contributed by atoms with Crippen LogP contribution < -0.4 is 5.32 Å². The first-order valence-electron chi connectivity index (χ1n) is 9.62. The largest absolute Gasteiger partial charge is 0.391 e. The summed E-state index contributed by atoms with van der Waals surface area (Å²) in [5.41, 5.74) is 0.543. The fourth-order valence-corrected chi connectivity index (χ4v) is 5.05. The second kappa shape index (κ2) is 7.89. The third-order valence-electron chi connectivity index (χ3n) is 5.40. The molecule has 0 spiro atoms. The monoisotopic (exact) mass is 400 g/mol. The highest BCUT2D eigenvalue weighted by atomic mass is 32.2. The number of benzene rings is 1. The summed E-state index contributed by atoms with van der Waals surface area (Å²) in [6, 6.07) is 11.5. The van der Waals surface area contributed by atoms with Crippen LogP contribution in [0.1, 0.15) is 32.1 Å². The van der Waals surface area contributed by atoms with E-state index in [1.165, 1.54) is 18.7 Å². The quantitative estimate of drug-likeness (QED) is 0.660. The van der Waals surface area contributed by atoms with Crippen molar-refractivity contribution < 1.29 is 13.5 Å². The summed E-state index contributed by atoms with van der Waals surface area (Å²) in [5, 5.41) is 21.8. The molecule has 2 aromatic heterocycles. The van der Waals surface area contributed by atoms with Crippen molar-refractivity contribution >= 4 is 21.4 Å². The first kappa shape index (κ1) is 18.9. The Kier molecular flexibility index (Phi) is 5.32. The second-order valence-corrected chi connectivity index (χ2v) is 9.23. The molecule has 2 heterocycles. The molecular weight excluding hydrogens is 376 g/mol. The lowest BCUT2D eigenvalue weighted by atomic mass is 9.85. The molecule has 0 aliphatic heterocycles. The molecule has 148 valence electrons. The number of hydrogen-bond donors (Lipinski definition) is 2. The minimum atomic E-state index is -3.63. The first-order chi connectivity index (χ1) is 13.6. The summed E-state index contributed by atoms with van der Waals surface area (Å²) in [7, 11) is -3.63. The van der Waals surface area contributed by atoms with Crippen molar-refractivity contribution in [3.05, 3.63) is 48.7 Å². The normalized spacial score (nSPS) is 16.9. The van der Waals surface area contributed by atoms with Crippen LogP contribution in [-0.2, 0) is 9.84 Å². The van der Waals surface area contributed by atoms with Gasteiger partial charge in [0.2, 0.25) is 15.8 Å². The number of aliphatic hydroxyl groups is 1. The lowest BCUT2D eigenvalue weighted by molar-refractivity contribution is 0.0955. The Bertz CT molecular complexity index is 1040. The van der Waals surface area contributed by atoms with Crippen LogP contribution in [0.25, 0.3) is 5.65 Å². The third kappa shape index (κ3) is 3.74. The van der Waals surface area contributed by atoms with E-state index >= 15 is 0 Å². The molecule has 1 atom stereocenters. The van der Waals surface area contributed by atoms with Gasteiger partial charge in [0, 0.05) is 12.7 Å². The van der Waals surface area contributed by atoms with Crippen molar-refractivity contribution in [1.29, 1.82) is 0 Å². The minimum absolute atomic E-state index is 0.168. The summed E-state index contributed by atoms with van der Waals surface area (Å²) in [6.07, 6.45) is 6.72. The number of hydrogen-bond acceptors (Lipinski definition) is 6. The van der Waals surface area contributed by atoms with Gasteiger partial charge in [0.25, 0.3) is 0 Å². The Balaban J connectivity index is 1.56. The highest BCUT2D eigenvalue weighted by Gasteiger charge is 2.22. The maximum absolute atomic E-state index is 12.9. The molecule has 0 saturated heterocycles. The summed E-state index contributed by atoms with van der Waals surface area (Å²) in [4.78, 5) is 0.409. The number of fused-ring (bicyclic) bond motifs is 1. The fourth-order valence-electron chi connectivity index (χ4n) is 3.77. The van der Waals surface area contributed by atoms with Crippen molar-refractivity contribution in [1.82, 2.24) is 14.6 Å². The van der Waals surface area contributed by atoms with Gasteiger partial charge in [-0.05, 0) is 43.0 Å². The Morgan fingerprint density at radius 2 is 1.79 bits per heavy atom. The number of aromatic nitrogens is 3. The fraction of sp³-hybridized carbons (Fsp3) is 0.400. The number of anilines is 1. The van der Waals surface area contributed by atoms with Gasteiger partial charge in [-0.2, -0.15) is 0 Å². The highest BCUT2D eigenvalue weighted by molar-refractivity contribution is 7.91. The lowest BCUT2D eigenvalue weighted by Gasteiger charge is -2.26. The average molecular weight is 401 g/mol. The van der Waals surface area contributed by atoms with Crippen molar-refractivity contribution in [2.45, 2.75) is 48.0 Å². The predicted octanol–water partition coefficient (Wildman–Crippen LogP) is 2.92. The van der Waals surface area contributed by atoms with Crippen molar-refractivity contribution in [2.24, 2.45) is 5.92 Å². The van der Waals surface area contributed by atoms with E-state index in [0.29, 0.717) is 24.1 Å². The molecule has 0 radical (unpaired) electrons. The van der Waals surface area contributed by atoms with Gasteiger partial charge >= 0.3 is 0 Å². The molecule has 4 rings (SSSR count). The van der Waals surface area contributed by atoms with Crippen LogP contribution >= 0.6 is 0 Å². The molecule has 1 aromatic carbocycles. The molecule has 1 fully saturated rings. The molecule has 0 bridgehead atoms. The average Bonchev–Trinajstić information content (AvgIpc) is 3.15. The van der Waals surface area contributed by atoms with Gasteiger partial charge in [0.15, 0.2) is 5.65 Å². The minimum Gasteiger partial charge on any atom is -0.391 e. The third-order valence-corrected chi connectivity index (χ3v) is 7.16. The Hall–Kier alpha value is -2.45. The van der Waals surface area contributed by atoms with Crippen molar-refractivity contribution in [3.63, 3.8) is 0 Å². The van der Waals surface area contributed by atoms with E-state index in [1.54, 1.807) is 40.8 Å². The molecule has 1 aliphatic rings. The van der Waals surface area contributed by atoms with Crippen LogP contribution in [0.4, 0.5) is 5.95 Å². The standard InChI is InChI=1S/C20H24N4O3S/c25-18(15-7-3-1-4-8-15)13-21-20-23-22-19-12-11-17(14-24(19)20)28(26,27)16-9-5-2-6-10-16/h2,5-6,9-12,14-15,18,25H,1,3-4,7-8,13H2,(H,21,23)/t18-/m0/s1. The summed E-state index contributed by atoms with van der Waals surface area (Å²) in [5.74, 6) is 0.726. The molecule has 2 N–H and O–H groups in total. The van der Waals surface area contributed by atoms with Gasteiger partial charge < -0.3 is 10.4 Å². The van der Waals surface area contributed by atoms with E-state index in [1.807, 2.05) is 0 Å². The number of aliphatic hydroxyl groups excluding tert-OH is 1. The molecule has 28 heavy (non-hydrogen) atoms. The summed E-state index contributed by atoms with van der Waals surface area (Å²) >= 11 is 0. The van der Waals surface area contributed by atoms with Crippen LogP contribution in [-0.4, -0.2) is 40.8 Å². The molecule has 7 nitrogen and oxygen atoms in total. The van der Waals surface area contributed by atoms with Crippen LogP contribution in [0.3, 0.4) is 0 Å². The van der Waals surface area contributed by atoms with Gasteiger partial charge in [0.1, 0.15) is 0 Å². The van der Waals surface area contributed by atoms with Gasteiger partial charge in [-0.1, -0.05) is 37.5 Å². The van der Waals surface area contributed by atoms with Crippen LogP contribution in [0.15, 0.2) is 58.5 Å². The van der Waals surface area contributed by atoms with Crippen molar-refractivity contribution in [3.8, 4) is 0 Å². The zero-order chi connectivity index (χ0) is 19.6. The van der Waals surface area contributed by atoms with Gasteiger partial charge in [-0.15, -0.1) is 10.2 Å². The second-order valence-electron chi connectivity index (χ2n) is 7.28. The SMILES string of the molecule is O=S(=O)(c1ccccc1)c1ccc2nnc(NC[C@H](O)C3CCCCC3)n2c1. The zero-order valence-corrected chi connectivity index (χ0v) is 16.3. The van der Waals surface area contributed by atoms with E-state index < -0.39 is 15.9 Å². The maximum atomic E-state index is 12.9. The van der Waals surface area contributed by atoms with Gasteiger partial charge in [0.05, 0.1) is 15.9 Å². The zero-order valence-electron chi connectivity index (χ0n) is 15.5. The Morgan fingerprint density at radius 1 is 1.04 bits per heavy atom. The van der Waals surface area contributed by atoms with Crippen molar-refractivity contribution in [2.75, 3.05) is 11.9 Å². The molecule has 1 saturated carbocycles. The van der Waals surface area contributed by atoms with E-state index in [4.69, 9.17) is 0 Å². The Labute approximate surface area is 164 Å². The number of rotatable bonds is 6. The van der Waals surface area contributed by atoms with Crippen LogP contribution in [0, 0.1) is 5.92 Å². The molecule has 1 aliphatic carbocycles. The maximum Gasteiger partial charge on any atom is 0.229 e. The number of pyridine rings is 1. The van der Waals surface area contributed by atoms with Crippen LogP contribution in [0.2, 0.25) is 0 Å². The van der Waals surface area contributed by atoms with Gasteiger partial charge in [-0.25, -0.2) is 8.42 Å². The van der Waals surface area contributed by atoms with E-state index in [2.05, 4.69) is 15.5 Å². The predicted molar refractivity (Wildman–Crippen MR) is 106 cm³/mol. The van der Waals surface area contributed by atoms with E-state index in [-0.39, 0.29) is 9.79 Å². The first-order valence-corrected chi connectivity index (χ1v) is 11.1.